The van der Waals surface area contributed by atoms with Crippen molar-refractivity contribution in [3.05, 3.63) is 83.1 Å². The van der Waals surface area contributed by atoms with Crippen LogP contribution in [0.15, 0.2) is 67.0 Å². The van der Waals surface area contributed by atoms with Crippen LogP contribution >= 0.6 is 11.6 Å². The third kappa shape index (κ3) is 5.19. The van der Waals surface area contributed by atoms with E-state index in [-0.39, 0.29) is 5.91 Å². The molecule has 1 heterocycles. The number of aryl methyl sites for hydroxylation is 1. The van der Waals surface area contributed by atoms with E-state index in [2.05, 4.69) is 10.4 Å². The van der Waals surface area contributed by atoms with Crippen LogP contribution in [-0.4, -0.2) is 22.2 Å². The van der Waals surface area contributed by atoms with Gasteiger partial charge in [-0.15, -0.1) is 0 Å². The minimum absolute atomic E-state index is 0.0513. The standard InChI is InChI=1S/C20H20ClN3O/c21-18-6-4-5-16(13-18)9-10-20(25)22-12-11-17-14-23-24(15-17)19-7-2-1-3-8-19/h1-8,13-15H,9-12H2,(H,22,25). The molecule has 0 spiro atoms. The van der Waals surface area contributed by atoms with Crippen molar-refractivity contribution in [1.82, 2.24) is 15.1 Å². The predicted octanol–water partition coefficient (Wildman–Crippen LogP) is 3.82. The average molecular weight is 354 g/mol. The Hall–Kier alpha value is -2.59. The number of halogens is 1. The van der Waals surface area contributed by atoms with E-state index in [1.165, 1.54) is 0 Å². The Morgan fingerprint density at radius 1 is 1.04 bits per heavy atom. The van der Waals surface area contributed by atoms with Crippen molar-refractivity contribution >= 4 is 17.5 Å². The lowest BCUT2D eigenvalue weighted by atomic mass is 10.1. The zero-order valence-corrected chi connectivity index (χ0v) is 14.6. The molecule has 1 aromatic heterocycles. The molecule has 3 aromatic rings. The zero-order valence-electron chi connectivity index (χ0n) is 13.9. The minimum atomic E-state index is 0.0513. The van der Waals surface area contributed by atoms with Crippen molar-refractivity contribution in [3.8, 4) is 5.69 Å². The smallest absolute Gasteiger partial charge is 0.220 e. The third-order valence-corrected chi connectivity index (χ3v) is 4.16. The average Bonchev–Trinajstić information content (AvgIpc) is 3.10. The van der Waals surface area contributed by atoms with Gasteiger partial charge in [-0.3, -0.25) is 4.79 Å². The first kappa shape index (κ1) is 17.2. The number of benzene rings is 2. The van der Waals surface area contributed by atoms with Crippen LogP contribution in [0.5, 0.6) is 0 Å². The second-order valence-electron chi connectivity index (χ2n) is 5.86. The van der Waals surface area contributed by atoms with E-state index < -0.39 is 0 Å². The highest BCUT2D eigenvalue weighted by atomic mass is 35.5. The fraction of sp³-hybridized carbons (Fsp3) is 0.200. The number of hydrogen-bond donors (Lipinski definition) is 1. The lowest BCUT2D eigenvalue weighted by Crippen LogP contribution is -2.25. The van der Waals surface area contributed by atoms with E-state index in [0.29, 0.717) is 24.4 Å². The molecule has 0 fully saturated rings. The first-order chi connectivity index (χ1) is 12.2. The number of aromatic nitrogens is 2. The van der Waals surface area contributed by atoms with Crippen LogP contribution in [0.3, 0.4) is 0 Å². The molecule has 5 heteroatoms. The van der Waals surface area contributed by atoms with Gasteiger partial charge in [-0.1, -0.05) is 41.9 Å². The Labute approximate surface area is 152 Å². The van der Waals surface area contributed by atoms with Crippen LogP contribution in [0, 0.1) is 0 Å². The highest BCUT2D eigenvalue weighted by Gasteiger charge is 2.04. The summed E-state index contributed by atoms with van der Waals surface area (Å²) < 4.78 is 1.84. The number of nitrogens with zero attached hydrogens (tertiary/aromatic N) is 2. The van der Waals surface area contributed by atoms with Crippen LogP contribution in [-0.2, 0) is 17.6 Å². The van der Waals surface area contributed by atoms with E-state index in [1.54, 1.807) is 0 Å². The summed E-state index contributed by atoms with van der Waals surface area (Å²) in [6.07, 6.45) is 5.75. The first-order valence-electron chi connectivity index (χ1n) is 8.31. The molecule has 128 valence electrons. The van der Waals surface area contributed by atoms with E-state index >= 15 is 0 Å². The summed E-state index contributed by atoms with van der Waals surface area (Å²) >= 11 is 5.95. The molecule has 0 unspecified atom stereocenters. The number of nitrogens with one attached hydrogen (secondary N) is 1. The summed E-state index contributed by atoms with van der Waals surface area (Å²) in [7, 11) is 0. The highest BCUT2D eigenvalue weighted by molar-refractivity contribution is 6.30. The maximum atomic E-state index is 12.0. The summed E-state index contributed by atoms with van der Waals surface area (Å²) in [5.41, 5.74) is 3.20. The van der Waals surface area contributed by atoms with Gasteiger partial charge < -0.3 is 5.32 Å². The Balaban J connectivity index is 1.42. The number of para-hydroxylation sites is 1. The van der Waals surface area contributed by atoms with Gasteiger partial charge in [0.05, 0.1) is 11.9 Å². The van der Waals surface area contributed by atoms with Gasteiger partial charge in [0.25, 0.3) is 0 Å². The van der Waals surface area contributed by atoms with E-state index in [4.69, 9.17) is 11.6 Å². The van der Waals surface area contributed by atoms with Crippen molar-refractivity contribution in [3.63, 3.8) is 0 Å². The summed E-state index contributed by atoms with van der Waals surface area (Å²) in [4.78, 5) is 12.0. The molecular formula is C20H20ClN3O. The minimum Gasteiger partial charge on any atom is -0.356 e. The monoisotopic (exact) mass is 353 g/mol. The number of carbonyl (C=O) groups excluding carboxylic acids is 1. The molecule has 0 aliphatic heterocycles. The normalized spacial score (nSPS) is 10.6. The molecule has 0 radical (unpaired) electrons. The molecule has 2 aromatic carbocycles. The molecular weight excluding hydrogens is 334 g/mol. The van der Waals surface area contributed by atoms with Crippen LogP contribution in [0.1, 0.15) is 17.5 Å². The van der Waals surface area contributed by atoms with E-state index in [9.17, 15) is 4.79 Å². The molecule has 0 atom stereocenters. The van der Waals surface area contributed by atoms with Crippen molar-refractivity contribution in [1.29, 1.82) is 0 Å². The van der Waals surface area contributed by atoms with Crippen molar-refractivity contribution in [2.75, 3.05) is 6.54 Å². The van der Waals surface area contributed by atoms with E-state index in [0.717, 1.165) is 23.2 Å². The Bertz CT molecular complexity index is 830. The number of rotatable bonds is 7. The van der Waals surface area contributed by atoms with Crippen LogP contribution in [0.25, 0.3) is 5.69 Å². The molecule has 0 aliphatic carbocycles. The second kappa shape index (κ2) is 8.49. The molecule has 3 rings (SSSR count). The van der Waals surface area contributed by atoms with Crippen LogP contribution in [0.4, 0.5) is 0 Å². The number of amides is 1. The summed E-state index contributed by atoms with van der Waals surface area (Å²) in [6.45, 7) is 0.606. The fourth-order valence-electron chi connectivity index (χ4n) is 2.60. The van der Waals surface area contributed by atoms with Crippen molar-refractivity contribution < 1.29 is 4.79 Å². The quantitative estimate of drug-likeness (QED) is 0.702. The SMILES string of the molecule is O=C(CCc1cccc(Cl)c1)NCCc1cnn(-c2ccccc2)c1. The largest absolute Gasteiger partial charge is 0.356 e. The number of carbonyl (C=O) groups is 1. The lowest BCUT2D eigenvalue weighted by molar-refractivity contribution is -0.121. The van der Waals surface area contributed by atoms with Gasteiger partial charge in [-0.05, 0) is 48.2 Å². The Kier molecular flexibility index (Phi) is 5.86. The molecule has 25 heavy (non-hydrogen) atoms. The zero-order chi connectivity index (χ0) is 17.5. The van der Waals surface area contributed by atoms with Gasteiger partial charge >= 0.3 is 0 Å². The van der Waals surface area contributed by atoms with Gasteiger partial charge in [0.15, 0.2) is 0 Å². The molecule has 0 aliphatic rings. The topological polar surface area (TPSA) is 46.9 Å². The molecule has 1 amide bonds. The predicted molar refractivity (Wildman–Crippen MR) is 100 cm³/mol. The van der Waals surface area contributed by atoms with E-state index in [1.807, 2.05) is 71.7 Å². The molecule has 0 saturated carbocycles. The van der Waals surface area contributed by atoms with Crippen LogP contribution < -0.4 is 5.32 Å². The molecule has 0 saturated heterocycles. The second-order valence-corrected chi connectivity index (χ2v) is 6.30. The molecule has 0 bridgehead atoms. The Morgan fingerprint density at radius 2 is 1.88 bits per heavy atom. The highest BCUT2D eigenvalue weighted by Crippen LogP contribution is 2.12. The van der Waals surface area contributed by atoms with Gasteiger partial charge in [0, 0.05) is 24.2 Å². The van der Waals surface area contributed by atoms with Crippen molar-refractivity contribution in [2.45, 2.75) is 19.3 Å². The van der Waals surface area contributed by atoms with Gasteiger partial charge in [-0.2, -0.15) is 5.10 Å². The summed E-state index contributed by atoms with van der Waals surface area (Å²) in [5, 5.41) is 8.02. The third-order valence-electron chi connectivity index (χ3n) is 3.92. The summed E-state index contributed by atoms with van der Waals surface area (Å²) in [5.74, 6) is 0.0513. The fourth-order valence-corrected chi connectivity index (χ4v) is 2.81. The first-order valence-corrected chi connectivity index (χ1v) is 8.68. The van der Waals surface area contributed by atoms with Gasteiger partial charge in [0.1, 0.15) is 0 Å². The Morgan fingerprint density at radius 3 is 2.68 bits per heavy atom. The summed E-state index contributed by atoms with van der Waals surface area (Å²) in [6, 6.07) is 17.6. The van der Waals surface area contributed by atoms with Crippen molar-refractivity contribution in [2.24, 2.45) is 0 Å². The lowest BCUT2D eigenvalue weighted by Gasteiger charge is -2.05. The maximum absolute atomic E-state index is 12.0. The van der Waals surface area contributed by atoms with Crippen LogP contribution in [0.2, 0.25) is 5.02 Å². The molecule has 1 N–H and O–H groups in total. The maximum Gasteiger partial charge on any atom is 0.220 e. The van der Waals surface area contributed by atoms with Gasteiger partial charge in [-0.25, -0.2) is 4.68 Å². The number of hydrogen-bond acceptors (Lipinski definition) is 2. The molecule has 4 nitrogen and oxygen atoms in total. The van der Waals surface area contributed by atoms with Gasteiger partial charge in [0.2, 0.25) is 5.91 Å².